The highest BCUT2D eigenvalue weighted by Gasteiger charge is 2.04. The van der Waals surface area contributed by atoms with Gasteiger partial charge in [-0.1, -0.05) is 12.1 Å². The van der Waals surface area contributed by atoms with Crippen LogP contribution < -0.4 is 10.5 Å². The van der Waals surface area contributed by atoms with Crippen LogP contribution >= 0.6 is 0 Å². The van der Waals surface area contributed by atoms with Crippen LogP contribution in [0, 0.1) is 0 Å². The van der Waals surface area contributed by atoms with Gasteiger partial charge in [0.05, 0.1) is 25.3 Å². The van der Waals surface area contributed by atoms with Crippen molar-refractivity contribution in [2.24, 2.45) is 0 Å². The third-order valence-corrected chi connectivity index (χ3v) is 2.55. The van der Waals surface area contributed by atoms with Gasteiger partial charge in [-0.15, -0.1) is 0 Å². The summed E-state index contributed by atoms with van der Waals surface area (Å²) in [6, 6.07) is 7.15. The van der Waals surface area contributed by atoms with Crippen molar-refractivity contribution in [3.63, 3.8) is 0 Å². The predicted octanol–water partition coefficient (Wildman–Crippen LogP) is 1.74. The minimum Gasteiger partial charge on any atom is -0.491 e. The average molecular weight is 267 g/mol. The lowest BCUT2D eigenvalue weighted by Crippen LogP contribution is -2.11. The van der Waals surface area contributed by atoms with E-state index in [0.29, 0.717) is 18.0 Å². The molecule has 106 valence electrons. The summed E-state index contributed by atoms with van der Waals surface area (Å²) < 4.78 is 10.4. The summed E-state index contributed by atoms with van der Waals surface area (Å²) in [6.07, 6.45) is 2.59. The number of carbonyl (C=O) groups is 1. The molecular weight excluding hydrogens is 246 g/mol. The molecule has 0 aromatic heterocycles. The van der Waals surface area contributed by atoms with Crippen LogP contribution in [0.5, 0.6) is 5.75 Å². The van der Waals surface area contributed by atoms with E-state index < -0.39 is 0 Å². The fourth-order valence-corrected chi connectivity index (χ4v) is 1.51. The molecule has 1 aromatic carbocycles. The minimum atomic E-state index is -0.279. The summed E-state index contributed by atoms with van der Waals surface area (Å²) in [6.45, 7) is 0.830. The van der Waals surface area contributed by atoms with E-state index in [2.05, 4.69) is 0 Å². The summed E-state index contributed by atoms with van der Waals surface area (Å²) in [5.41, 5.74) is 6.26. The molecule has 5 heteroatoms. The third kappa shape index (κ3) is 6.67. The van der Waals surface area contributed by atoms with Crippen molar-refractivity contribution < 1.29 is 19.4 Å². The number of ether oxygens (including phenoxy) is 2. The number of aliphatic hydroxyl groups is 1. The standard InChI is InChI=1S/C14H21NO4/c15-12-6-2-3-7-13(12)18-11-8-14(17)19-10-5-1-4-9-16/h2-3,6-7,16H,1,4-5,8-11,15H2. The zero-order valence-electron chi connectivity index (χ0n) is 11.0. The molecule has 0 saturated carbocycles. The fraction of sp³-hybridized carbons (Fsp3) is 0.500. The Hall–Kier alpha value is -1.75. The number of rotatable bonds is 9. The van der Waals surface area contributed by atoms with Crippen LogP contribution in [0.2, 0.25) is 0 Å². The molecule has 0 saturated heterocycles. The van der Waals surface area contributed by atoms with E-state index in [-0.39, 0.29) is 25.6 Å². The number of nitrogen functional groups attached to an aromatic ring is 1. The molecule has 0 fully saturated rings. The van der Waals surface area contributed by atoms with Crippen LogP contribution in [0.1, 0.15) is 25.7 Å². The van der Waals surface area contributed by atoms with Crippen molar-refractivity contribution in [1.29, 1.82) is 0 Å². The quantitative estimate of drug-likeness (QED) is 0.404. The maximum atomic E-state index is 11.4. The number of esters is 1. The first-order chi connectivity index (χ1) is 9.24. The number of para-hydroxylation sites is 2. The van der Waals surface area contributed by atoms with Gasteiger partial charge in [-0.3, -0.25) is 4.79 Å². The van der Waals surface area contributed by atoms with Gasteiger partial charge in [0.15, 0.2) is 0 Å². The monoisotopic (exact) mass is 267 g/mol. The Morgan fingerprint density at radius 1 is 1.16 bits per heavy atom. The van der Waals surface area contributed by atoms with Crippen molar-refractivity contribution in [3.05, 3.63) is 24.3 Å². The Balaban J connectivity index is 2.09. The Labute approximate surface area is 113 Å². The summed E-state index contributed by atoms with van der Waals surface area (Å²) in [5, 5.41) is 8.59. The first-order valence-electron chi connectivity index (χ1n) is 6.48. The van der Waals surface area contributed by atoms with E-state index in [1.54, 1.807) is 12.1 Å². The van der Waals surface area contributed by atoms with E-state index in [9.17, 15) is 4.79 Å². The SMILES string of the molecule is Nc1ccccc1OCCC(=O)OCCCCCO. The van der Waals surface area contributed by atoms with Gasteiger partial charge < -0.3 is 20.3 Å². The summed E-state index contributed by atoms with van der Waals surface area (Å²) in [5.74, 6) is 0.303. The average Bonchev–Trinajstić information content (AvgIpc) is 2.41. The Morgan fingerprint density at radius 2 is 1.95 bits per heavy atom. The van der Waals surface area contributed by atoms with E-state index in [0.717, 1.165) is 19.3 Å². The summed E-state index contributed by atoms with van der Waals surface area (Å²) in [7, 11) is 0. The number of carbonyl (C=O) groups excluding carboxylic acids is 1. The molecule has 0 aliphatic heterocycles. The van der Waals surface area contributed by atoms with Crippen molar-refractivity contribution in [2.45, 2.75) is 25.7 Å². The molecule has 0 aliphatic carbocycles. The minimum absolute atomic E-state index is 0.181. The third-order valence-electron chi connectivity index (χ3n) is 2.55. The number of hydrogen-bond acceptors (Lipinski definition) is 5. The van der Waals surface area contributed by atoms with Gasteiger partial charge >= 0.3 is 5.97 Å². The van der Waals surface area contributed by atoms with E-state index in [4.69, 9.17) is 20.3 Å². The highest BCUT2D eigenvalue weighted by Crippen LogP contribution is 2.19. The van der Waals surface area contributed by atoms with Crippen molar-refractivity contribution in [3.8, 4) is 5.75 Å². The molecule has 0 spiro atoms. The first kappa shape index (κ1) is 15.3. The summed E-state index contributed by atoms with van der Waals surface area (Å²) in [4.78, 5) is 11.4. The second kappa shape index (κ2) is 9.22. The highest BCUT2D eigenvalue weighted by molar-refractivity contribution is 5.69. The number of anilines is 1. The molecule has 0 amide bonds. The number of hydrogen-bond donors (Lipinski definition) is 2. The zero-order valence-corrected chi connectivity index (χ0v) is 11.0. The maximum Gasteiger partial charge on any atom is 0.309 e. The fourth-order valence-electron chi connectivity index (χ4n) is 1.51. The second-order valence-corrected chi connectivity index (χ2v) is 4.14. The highest BCUT2D eigenvalue weighted by atomic mass is 16.5. The molecule has 5 nitrogen and oxygen atoms in total. The topological polar surface area (TPSA) is 81.8 Å². The predicted molar refractivity (Wildman–Crippen MR) is 72.9 cm³/mol. The van der Waals surface area contributed by atoms with Crippen molar-refractivity contribution in [1.82, 2.24) is 0 Å². The molecule has 0 aliphatic rings. The van der Waals surface area contributed by atoms with Crippen molar-refractivity contribution >= 4 is 11.7 Å². The Kier molecular flexibility index (Phi) is 7.43. The van der Waals surface area contributed by atoms with Crippen LogP contribution in [0.4, 0.5) is 5.69 Å². The number of benzene rings is 1. The van der Waals surface area contributed by atoms with Crippen LogP contribution in [-0.2, 0) is 9.53 Å². The van der Waals surface area contributed by atoms with Crippen LogP contribution in [0.15, 0.2) is 24.3 Å². The van der Waals surface area contributed by atoms with Gasteiger partial charge in [-0.25, -0.2) is 0 Å². The van der Waals surface area contributed by atoms with Gasteiger partial charge in [0.1, 0.15) is 5.75 Å². The first-order valence-corrected chi connectivity index (χ1v) is 6.48. The van der Waals surface area contributed by atoms with E-state index in [1.807, 2.05) is 12.1 Å². The van der Waals surface area contributed by atoms with E-state index >= 15 is 0 Å². The van der Waals surface area contributed by atoms with Gasteiger partial charge in [0.2, 0.25) is 0 Å². The van der Waals surface area contributed by atoms with Crippen LogP contribution in [0.25, 0.3) is 0 Å². The normalized spacial score (nSPS) is 10.2. The molecule has 19 heavy (non-hydrogen) atoms. The lowest BCUT2D eigenvalue weighted by molar-refractivity contribution is -0.144. The molecule has 1 rings (SSSR count). The Bertz CT molecular complexity index is 381. The molecule has 3 N–H and O–H groups in total. The van der Waals surface area contributed by atoms with Gasteiger partial charge in [0, 0.05) is 6.61 Å². The smallest absolute Gasteiger partial charge is 0.309 e. The number of unbranched alkanes of at least 4 members (excludes halogenated alkanes) is 2. The second-order valence-electron chi connectivity index (χ2n) is 4.14. The van der Waals surface area contributed by atoms with Crippen molar-refractivity contribution in [2.75, 3.05) is 25.6 Å². The maximum absolute atomic E-state index is 11.4. The van der Waals surface area contributed by atoms with Crippen LogP contribution in [0.3, 0.4) is 0 Å². The van der Waals surface area contributed by atoms with Crippen LogP contribution in [-0.4, -0.2) is 30.9 Å². The zero-order chi connectivity index (χ0) is 13.9. The number of aliphatic hydroxyl groups excluding tert-OH is 1. The summed E-state index contributed by atoms with van der Waals surface area (Å²) >= 11 is 0. The molecule has 0 radical (unpaired) electrons. The molecule has 1 aromatic rings. The molecule has 0 atom stereocenters. The lowest BCUT2D eigenvalue weighted by atomic mass is 10.2. The van der Waals surface area contributed by atoms with E-state index in [1.165, 1.54) is 0 Å². The molecule has 0 heterocycles. The lowest BCUT2D eigenvalue weighted by Gasteiger charge is -2.08. The van der Waals surface area contributed by atoms with Gasteiger partial charge in [-0.2, -0.15) is 0 Å². The van der Waals surface area contributed by atoms with Gasteiger partial charge in [-0.05, 0) is 31.4 Å². The number of nitrogens with two attached hydrogens (primary N) is 1. The molecular formula is C14H21NO4. The van der Waals surface area contributed by atoms with Gasteiger partial charge in [0.25, 0.3) is 0 Å². The Morgan fingerprint density at radius 3 is 2.68 bits per heavy atom. The molecule has 0 unspecified atom stereocenters. The molecule has 0 bridgehead atoms. The largest absolute Gasteiger partial charge is 0.491 e.